The highest BCUT2D eigenvalue weighted by molar-refractivity contribution is 7.47. The summed E-state index contributed by atoms with van der Waals surface area (Å²) in [6, 6.07) is 0. The molecule has 0 amide bonds. The number of aliphatic hydroxyl groups excluding tert-OH is 1. The number of aliphatic hydroxyl groups is 1. The third-order valence-electron chi connectivity index (χ3n) is 16.1. The third-order valence-corrected chi connectivity index (χ3v) is 18.0. The lowest BCUT2D eigenvalue weighted by Gasteiger charge is -2.21. The highest BCUT2D eigenvalue weighted by atomic mass is 31.2. The van der Waals surface area contributed by atoms with E-state index in [-0.39, 0.29) is 25.7 Å². The largest absolute Gasteiger partial charge is 0.472 e. The molecule has 3 N–H and O–H groups in total. The molecule has 0 aromatic rings. The van der Waals surface area contributed by atoms with E-state index in [9.17, 15) is 43.2 Å². The van der Waals surface area contributed by atoms with Gasteiger partial charge in [0, 0.05) is 25.7 Å². The first kappa shape index (κ1) is 105. The Kier molecular flexibility index (Phi) is 77.1. The van der Waals surface area contributed by atoms with E-state index < -0.39 is 97.5 Å². The van der Waals surface area contributed by atoms with Crippen LogP contribution in [0.5, 0.6) is 0 Å². The van der Waals surface area contributed by atoms with Crippen LogP contribution in [0.1, 0.15) is 272 Å². The lowest BCUT2D eigenvalue weighted by atomic mass is 10.1. The molecule has 0 aromatic heterocycles. The van der Waals surface area contributed by atoms with E-state index in [0.717, 1.165) is 135 Å². The van der Waals surface area contributed by atoms with E-state index in [1.165, 1.54) is 38.5 Å². The number of esters is 4. The fraction of sp³-hybridized carbons (Fsp3) is 0.548. The van der Waals surface area contributed by atoms with Gasteiger partial charge in [0.05, 0.1) is 26.4 Å². The summed E-state index contributed by atoms with van der Waals surface area (Å²) < 4.78 is 68.5. The van der Waals surface area contributed by atoms with E-state index in [4.69, 9.17) is 37.0 Å². The Morgan fingerprint density at radius 3 is 0.768 bits per heavy atom. The van der Waals surface area contributed by atoms with Crippen molar-refractivity contribution in [3.05, 3.63) is 231 Å². The predicted molar refractivity (Wildman–Crippen MR) is 463 cm³/mol. The Labute approximate surface area is 676 Å². The first-order valence-corrected chi connectivity index (χ1v) is 44.6. The van der Waals surface area contributed by atoms with Crippen LogP contribution >= 0.6 is 15.6 Å². The summed E-state index contributed by atoms with van der Waals surface area (Å²) in [6.45, 7) is 4.28. The van der Waals surface area contributed by atoms with Gasteiger partial charge in [0.25, 0.3) is 0 Å². The van der Waals surface area contributed by atoms with Crippen molar-refractivity contribution in [3.8, 4) is 0 Å². The number of phosphoric acid groups is 2. The molecule has 0 heterocycles. The van der Waals surface area contributed by atoms with Gasteiger partial charge in [-0.25, -0.2) is 9.13 Å². The van der Waals surface area contributed by atoms with Crippen molar-refractivity contribution in [3.63, 3.8) is 0 Å². The molecular formula is C93H144O17P2. The third kappa shape index (κ3) is 81.1. The van der Waals surface area contributed by atoms with E-state index in [0.29, 0.717) is 44.9 Å². The van der Waals surface area contributed by atoms with Gasteiger partial charge < -0.3 is 33.8 Å². The predicted octanol–water partition coefficient (Wildman–Crippen LogP) is 25.0. The molecular weight excluding hydrogens is 1450 g/mol. The summed E-state index contributed by atoms with van der Waals surface area (Å²) in [5.74, 6) is -2.51. The number of hydrogen-bond donors (Lipinski definition) is 3. The van der Waals surface area contributed by atoms with Crippen LogP contribution < -0.4 is 0 Å². The van der Waals surface area contributed by atoms with E-state index in [2.05, 4.69) is 204 Å². The van der Waals surface area contributed by atoms with Crippen molar-refractivity contribution >= 4 is 39.5 Å². The fourth-order valence-corrected chi connectivity index (χ4v) is 11.5. The maximum absolute atomic E-state index is 13.1. The second-order valence-corrected chi connectivity index (χ2v) is 29.5. The Morgan fingerprint density at radius 1 is 0.259 bits per heavy atom. The maximum Gasteiger partial charge on any atom is 0.472 e. The van der Waals surface area contributed by atoms with Crippen LogP contribution in [-0.4, -0.2) is 96.7 Å². The van der Waals surface area contributed by atoms with Crippen LogP contribution in [0.25, 0.3) is 0 Å². The number of ether oxygens (including phenoxy) is 4. The van der Waals surface area contributed by atoms with Crippen molar-refractivity contribution in [2.45, 2.75) is 290 Å². The van der Waals surface area contributed by atoms with Crippen molar-refractivity contribution < 1.29 is 80.2 Å². The molecule has 0 spiro atoms. The molecule has 19 heteroatoms. The molecule has 0 rings (SSSR count). The van der Waals surface area contributed by atoms with Gasteiger partial charge >= 0.3 is 39.5 Å². The molecule has 17 nitrogen and oxygen atoms in total. The van der Waals surface area contributed by atoms with Crippen molar-refractivity contribution in [2.24, 2.45) is 0 Å². The van der Waals surface area contributed by atoms with E-state index in [1.54, 1.807) is 0 Å². The average molecular weight is 1600 g/mol. The van der Waals surface area contributed by atoms with E-state index >= 15 is 0 Å². The zero-order valence-corrected chi connectivity index (χ0v) is 70.5. The van der Waals surface area contributed by atoms with Gasteiger partial charge in [0.2, 0.25) is 0 Å². The minimum atomic E-state index is -5.04. The molecule has 0 aliphatic carbocycles. The normalized spacial score (nSPS) is 15.0. The highest BCUT2D eigenvalue weighted by Gasteiger charge is 2.30. The van der Waals surface area contributed by atoms with Gasteiger partial charge in [-0.05, 0) is 173 Å². The van der Waals surface area contributed by atoms with Crippen LogP contribution in [0.4, 0.5) is 0 Å². The molecule has 0 aromatic carbocycles. The molecule has 0 bridgehead atoms. The van der Waals surface area contributed by atoms with Crippen molar-refractivity contribution in [2.75, 3.05) is 39.6 Å². The van der Waals surface area contributed by atoms with Crippen molar-refractivity contribution in [1.82, 2.24) is 0 Å². The summed E-state index contributed by atoms with van der Waals surface area (Å²) in [5.41, 5.74) is 0. The molecule has 112 heavy (non-hydrogen) atoms. The second kappa shape index (κ2) is 82.1. The molecule has 2 unspecified atom stereocenters. The topological polar surface area (TPSA) is 237 Å². The van der Waals surface area contributed by atoms with E-state index in [1.807, 2.05) is 54.7 Å². The molecule has 628 valence electrons. The lowest BCUT2D eigenvalue weighted by Crippen LogP contribution is -2.30. The van der Waals surface area contributed by atoms with Gasteiger partial charge in [-0.2, -0.15) is 0 Å². The number of rotatable bonds is 75. The Morgan fingerprint density at radius 2 is 0.482 bits per heavy atom. The Bertz CT molecular complexity index is 3040. The van der Waals surface area contributed by atoms with Crippen molar-refractivity contribution in [1.29, 1.82) is 0 Å². The minimum absolute atomic E-state index is 0.00786. The van der Waals surface area contributed by atoms with Gasteiger partial charge in [-0.3, -0.25) is 37.3 Å². The molecule has 0 saturated carbocycles. The molecule has 0 radical (unpaired) electrons. The van der Waals surface area contributed by atoms with Crippen LogP contribution in [0.3, 0.4) is 0 Å². The average Bonchev–Trinajstić information content (AvgIpc) is 0.898. The summed E-state index contributed by atoms with van der Waals surface area (Å²) in [6.07, 6.45) is 106. The van der Waals surface area contributed by atoms with Crippen LogP contribution in [0.2, 0.25) is 0 Å². The van der Waals surface area contributed by atoms with Crippen LogP contribution in [0, 0.1) is 0 Å². The monoisotopic (exact) mass is 1590 g/mol. The fourth-order valence-electron chi connectivity index (χ4n) is 9.87. The summed E-state index contributed by atoms with van der Waals surface area (Å²) >= 11 is 0. The summed E-state index contributed by atoms with van der Waals surface area (Å²) in [5, 5.41) is 10.7. The SMILES string of the molecule is CC/C=C\C/C=C\C/C=C\C/C=C\C/C=C\C/C=C\CCC(=O)OC[C@H](COP(=O)(O)OC[C@@H](O)COP(=O)(O)OC[C@@H](COC(=O)CC/C=C\C/C=C\C/C=C\C/C=C\C/C=C\CCCCC)OC(=O)CCCCCCC/C=C\C/C=C\CCCCC)OC(=O)CC/C=C\C/C=C\C/C=C\C/C=C\C/C=C\C/C=C\CC. The first-order valence-electron chi connectivity index (χ1n) is 41.6. The zero-order valence-electron chi connectivity index (χ0n) is 68.7. The maximum atomic E-state index is 13.1. The lowest BCUT2D eigenvalue weighted by molar-refractivity contribution is -0.161. The van der Waals surface area contributed by atoms with Gasteiger partial charge in [-0.15, -0.1) is 0 Å². The van der Waals surface area contributed by atoms with Gasteiger partial charge in [0.15, 0.2) is 12.2 Å². The smallest absolute Gasteiger partial charge is 0.462 e. The van der Waals surface area contributed by atoms with Crippen LogP contribution in [0.15, 0.2) is 231 Å². The zero-order chi connectivity index (χ0) is 81.7. The molecule has 0 saturated heterocycles. The summed E-state index contributed by atoms with van der Waals surface area (Å²) in [4.78, 5) is 73.1. The minimum Gasteiger partial charge on any atom is -0.462 e. The molecule has 0 aliphatic rings. The van der Waals surface area contributed by atoms with Gasteiger partial charge in [0.1, 0.15) is 19.3 Å². The van der Waals surface area contributed by atoms with Gasteiger partial charge in [-0.1, -0.05) is 304 Å². The second-order valence-electron chi connectivity index (χ2n) is 26.6. The molecule has 0 fully saturated rings. The number of unbranched alkanes of at least 4 members (excludes halogenated alkanes) is 11. The molecule has 0 aliphatic heterocycles. The number of carbonyl (C=O) groups is 4. The number of allylic oxidation sites excluding steroid dienone is 38. The standard InChI is InChI=1S/C93H144O17P2/c1-5-9-13-17-21-25-29-33-37-40-43-46-50-53-57-61-65-69-73-77-90(95)103-83-88(109-92(97)79-75-71-67-63-59-55-49-36-32-28-24-20-16-12-8-4)85-107-111(99,100)105-81-87(94)82-106-112(101,102)108-86-89(110-93(98)80-76-72-68-64-60-56-52-48-45-42-39-35-31-27-23-19-15-11-7-3)84-104-91(96)78-74-70-66-62-58-54-51-47-44-41-38-34-30-26-22-18-14-10-6-2/h10-11,14-15,21-28,33-39,43-49,53-54,56-58,60,65-66,68-70,72,87-89,94H,5-9,12-13,16-20,29-32,40-42,50-52,55,59,61-64,67,71,73-86H2,1-4H3,(H,99,100)(H,101,102)/b14-10-,15-11-,25-21-,26-22-,27-23-,28-24-,37-33-,38-34-,39-35-,46-43-,47-44-,48-45-,49-36-,57-53-,58-54-,60-56-,69-65-,70-66-,72-68-/t87-,88+,89+/m0/s1. The number of hydrogen-bond acceptors (Lipinski definition) is 15. The van der Waals surface area contributed by atoms with Crippen LogP contribution in [-0.2, 0) is 65.4 Å². The first-order chi connectivity index (χ1) is 54.7. The number of carbonyl (C=O) groups excluding carboxylic acids is 4. The highest BCUT2D eigenvalue weighted by Crippen LogP contribution is 2.45. The Hall–Kier alpha value is -6.88. The Balaban J connectivity index is 5.62. The quantitative estimate of drug-likeness (QED) is 0.0169. The molecule has 5 atom stereocenters. The summed E-state index contributed by atoms with van der Waals surface area (Å²) in [7, 11) is -10.1. The number of phosphoric ester groups is 2.